The molecule has 1 spiro atoms. The van der Waals surface area contributed by atoms with Crippen LogP contribution in [-0.2, 0) is 45.8 Å². The summed E-state index contributed by atoms with van der Waals surface area (Å²) in [6.45, 7) is 8.25. The summed E-state index contributed by atoms with van der Waals surface area (Å²) < 4.78 is 44.9. The van der Waals surface area contributed by atoms with E-state index in [9.17, 15) is 19.5 Å². The van der Waals surface area contributed by atoms with Crippen molar-refractivity contribution in [1.29, 1.82) is 0 Å². The van der Waals surface area contributed by atoms with Crippen molar-refractivity contribution in [2.24, 2.45) is 11.3 Å². The predicted molar refractivity (Wildman–Crippen MR) is 259 cm³/mol. The lowest BCUT2D eigenvalue weighted by molar-refractivity contribution is -0.228. The van der Waals surface area contributed by atoms with Crippen LogP contribution in [0.25, 0.3) is 10.9 Å². The van der Waals surface area contributed by atoms with E-state index in [0.29, 0.717) is 93.3 Å². The van der Waals surface area contributed by atoms with Gasteiger partial charge in [-0.2, -0.15) is 0 Å². The van der Waals surface area contributed by atoms with E-state index in [0.717, 1.165) is 22.0 Å². The van der Waals surface area contributed by atoms with Gasteiger partial charge in [0.1, 0.15) is 22.7 Å². The Morgan fingerprint density at radius 1 is 0.914 bits per heavy atom. The molecule has 2 saturated heterocycles. The Kier molecular flexibility index (Phi) is 11.7. The van der Waals surface area contributed by atoms with E-state index in [4.69, 9.17) is 23.7 Å². The molecule has 15 nitrogen and oxygen atoms in total. The molecule has 1 aliphatic carbocycles. The first-order valence-corrected chi connectivity index (χ1v) is 24.5. The molecule has 4 aromatic rings. The Bertz CT molecular complexity index is 2830. The summed E-state index contributed by atoms with van der Waals surface area (Å²) in [6, 6.07) is 14.9. The monoisotopic (exact) mass is 961 g/mol. The number of halogens is 1. The molecule has 0 radical (unpaired) electrons. The molecule has 6 heterocycles. The van der Waals surface area contributed by atoms with E-state index in [2.05, 4.69) is 32.2 Å². The molecular weight excluding hydrogens is 898 g/mol. The summed E-state index contributed by atoms with van der Waals surface area (Å²) in [5, 5.41) is 17.7. The minimum atomic E-state index is -2.36. The van der Waals surface area contributed by atoms with Crippen LogP contribution in [0.1, 0.15) is 85.6 Å². The second kappa shape index (κ2) is 17.1. The van der Waals surface area contributed by atoms with Crippen LogP contribution < -0.4 is 19.7 Å². The number of anilines is 1. The molecule has 3 aromatic carbocycles. The number of rotatable bonds is 10. The number of H-pyrrole nitrogens is 1. The third-order valence-electron chi connectivity index (χ3n) is 17.4. The zero-order valence-corrected chi connectivity index (χ0v) is 41.3. The second-order valence-corrected chi connectivity index (χ2v) is 20.6. The van der Waals surface area contributed by atoms with E-state index >= 15 is 9.18 Å². The lowest BCUT2D eigenvalue weighted by Gasteiger charge is -2.63. The molecule has 6 aliphatic rings. The number of fused-ring (bicyclic) bond motifs is 6. The van der Waals surface area contributed by atoms with Gasteiger partial charge in [-0.25, -0.2) is 9.18 Å². The second-order valence-electron chi connectivity index (χ2n) is 20.6. The van der Waals surface area contributed by atoms with E-state index in [1.807, 2.05) is 62.2 Å². The minimum absolute atomic E-state index is 0.0884. The molecule has 70 heavy (non-hydrogen) atoms. The molecule has 1 amide bonds. The van der Waals surface area contributed by atoms with Crippen molar-refractivity contribution in [2.75, 3.05) is 73.1 Å². The highest BCUT2D eigenvalue weighted by Crippen LogP contribution is 2.68. The van der Waals surface area contributed by atoms with Crippen LogP contribution in [0.3, 0.4) is 0 Å². The maximum atomic E-state index is 15.7. The normalized spacial score (nSPS) is 32.8. The number of piperidine rings is 1. The summed E-state index contributed by atoms with van der Waals surface area (Å²) in [4.78, 5) is 68.0. The zero-order chi connectivity index (χ0) is 49.7. The first kappa shape index (κ1) is 47.7. The highest BCUT2D eigenvalue weighted by Gasteiger charge is 2.80. The van der Waals surface area contributed by atoms with Gasteiger partial charge in [0.25, 0.3) is 5.91 Å². The van der Waals surface area contributed by atoms with Gasteiger partial charge in [-0.15, -0.1) is 0 Å². The Labute approximate surface area is 407 Å². The first-order chi connectivity index (χ1) is 33.6. The Hall–Kier alpha value is -5.97. The maximum absolute atomic E-state index is 15.7. The summed E-state index contributed by atoms with van der Waals surface area (Å²) in [5.41, 5.74) is -2.28. The lowest BCUT2D eigenvalue weighted by Crippen LogP contribution is -2.81. The number of ether oxygens (including phenoxy) is 5. The number of aliphatic hydroxyl groups is 1. The van der Waals surface area contributed by atoms with E-state index in [-0.39, 0.29) is 23.9 Å². The van der Waals surface area contributed by atoms with Crippen LogP contribution in [0, 0.1) is 17.2 Å². The molecule has 3 N–H and O–H groups in total. The van der Waals surface area contributed by atoms with Crippen LogP contribution in [0.4, 0.5) is 10.1 Å². The molecule has 16 heteroatoms. The molecule has 1 aromatic heterocycles. The van der Waals surface area contributed by atoms with Crippen molar-refractivity contribution in [3.05, 3.63) is 101 Å². The molecule has 5 aliphatic heterocycles. The molecule has 1 unspecified atom stereocenters. The Morgan fingerprint density at radius 2 is 1.69 bits per heavy atom. The van der Waals surface area contributed by atoms with Crippen LogP contribution in [0.15, 0.2) is 66.7 Å². The van der Waals surface area contributed by atoms with Crippen molar-refractivity contribution < 1.29 is 52.4 Å². The minimum Gasteiger partial charge on any atom is -0.497 e. The van der Waals surface area contributed by atoms with Gasteiger partial charge >= 0.3 is 17.9 Å². The van der Waals surface area contributed by atoms with Crippen LogP contribution in [0.5, 0.6) is 11.5 Å². The van der Waals surface area contributed by atoms with Gasteiger partial charge in [0.2, 0.25) is 5.60 Å². The number of likely N-dealkylation sites (N-methyl/N-ethyl adjacent to an activating group) is 1. The third-order valence-corrected chi connectivity index (χ3v) is 17.4. The number of esters is 3. The molecule has 10 rings (SSSR count). The molecule has 372 valence electrons. The SMILES string of the molecule is CC[C@]1(NC(=O)c2ccc(OC)cc2F)C[C@H]2CN(CCc3c([nH]c4ccccc34)[C@@](C(=O)OC)(c3cc4c(cc3OC)N(C)[C@H]3[C@@](O)(C(=O)OC)[C@H](OC(C)=O)[C@]5(CC)C=CCN6CC[C@]43[C@@H]65)C2)C1. The summed E-state index contributed by atoms with van der Waals surface area (Å²) in [5.74, 6) is -2.81. The number of hydrogen-bond acceptors (Lipinski definition) is 13. The van der Waals surface area contributed by atoms with E-state index < -0.39 is 69.2 Å². The summed E-state index contributed by atoms with van der Waals surface area (Å²) >= 11 is 0. The average molecular weight is 962 g/mol. The zero-order valence-electron chi connectivity index (χ0n) is 41.3. The molecule has 2 bridgehead atoms. The van der Waals surface area contributed by atoms with Crippen molar-refractivity contribution in [2.45, 2.75) is 99.5 Å². The van der Waals surface area contributed by atoms with E-state index in [1.165, 1.54) is 40.4 Å². The van der Waals surface area contributed by atoms with Crippen LogP contribution in [0.2, 0.25) is 0 Å². The number of benzene rings is 3. The third kappa shape index (κ3) is 6.53. The number of amides is 1. The predicted octanol–water partition coefficient (Wildman–Crippen LogP) is 5.58. The highest BCUT2D eigenvalue weighted by molar-refractivity contribution is 5.96. The van der Waals surface area contributed by atoms with Gasteiger partial charge in [-0.1, -0.05) is 44.2 Å². The number of aromatic amines is 1. The fourth-order valence-corrected chi connectivity index (χ4v) is 14.8. The van der Waals surface area contributed by atoms with Crippen LogP contribution >= 0.6 is 0 Å². The summed E-state index contributed by atoms with van der Waals surface area (Å²) in [7, 11) is 7.50. The number of nitrogens with zero attached hydrogens (tertiary/aromatic N) is 3. The molecule has 3 fully saturated rings. The first-order valence-electron chi connectivity index (χ1n) is 24.5. The number of carbonyl (C=O) groups excluding carboxylic acids is 4. The Balaban J connectivity index is 1.20. The van der Waals surface area contributed by atoms with Crippen molar-refractivity contribution in [1.82, 2.24) is 20.1 Å². The number of aromatic nitrogens is 1. The van der Waals surface area contributed by atoms with Gasteiger partial charge in [-0.3, -0.25) is 19.3 Å². The van der Waals surface area contributed by atoms with Crippen molar-refractivity contribution in [3.63, 3.8) is 0 Å². The summed E-state index contributed by atoms with van der Waals surface area (Å²) in [6.07, 6.45) is 5.46. The molecule has 1 saturated carbocycles. The highest BCUT2D eigenvalue weighted by atomic mass is 19.1. The van der Waals surface area contributed by atoms with Gasteiger partial charge in [0.05, 0.1) is 45.6 Å². The van der Waals surface area contributed by atoms with Gasteiger partial charge in [0, 0.05) is 97.0 Å². The maximum Gasteiger partial charge on any atom is 0.344 e. The largest absolute Gasteiger partial charge is 0.497 e. The van der Waals surface area contributed by atoms with Crippen molar-refractivity contribution in [3.8, 4) is 11.5 Å². The van der Waals surface area contributed by atoms with Crippen molar-refractivity contribution >= 4 is 40.4 Å². The average Bonchev–Trinajstić information content (AvgIpc) is 4.02. The lowest BCUT2D eigenvalue weighted by atomic mass is 9.47. The Morgan fingerprint density at radius 3 is 2.37 bits per heavy atom. The molecular formula is C54H64FN5O10. The fourth-order valence-electron chi connectivity index (χ4n) is 14.8. The number of methoxy groups -OCH3 is 4. The number of nitrogens with one attached hydrogen (secondary N) is 2. The fraction of sp³-hybridized carbons (Fsp3) is 0.519. The van der Waals surface area contributed by atoms with Crippen LogP contribution in [-0.4, -0.2) is 141 Å². The standard InChI is InChI=1S/C54H64FN5O10/c1-9-50(57-44(62)36-17-16-33(66-5)24-39(36)55)27-32-28-53(48(63)68-7,43-35(18-22-59(29-32)30-50)34-14-11-12-15-40(34)56-43)38-25-37-41(26-42(38)67-6)58(4)46-52(37)20-23-60-21-13-19-51(10-2,45(52)60)47(70-31(3)61)54(46,65)49(64)69-8/h11-17,19,24-26,32,45-47,56,65H,9-10,18,20-23,27-30H2,1-8H3,(H,57,62)/t32-,45+,46-,47-,50+,51-,52-,53+,54+/m1/s1. The number of hydrogen-bond donors (Lipinski definition) is 3. The smallest absolute Gasteiger partial charge is 0.344 e. The topological polar surface area (TPSA) is 172 Å². The van der Waals surface area contributed by atoms with Gasteiger partial charge in [0.15, 0.2) is 6.10 Å². The number of carbonyl (C=O) groups is 4. The number of para-hydroxylation sites is 1. The van der Waals surface area contributed by atoms with E-state index in [1.54, 1.807) is 13.2 Å². The quantitative estimate of drug-likeness (QED) is 0.102. The van der Waals surface area contributed by atoms with Gasteiger partial charge in [-0.05, 0) is 86.4 Å². The molecule has 10 atom stereocenters. The van der Waals surface area contributed by atoms with Gasteiger partial charge < -0.3 is 48.9 Å².